The summed E-state index contributed by atoms with van der Waals surface area (Å²) in [6, 6.07) is 0.943. The SMILES string of the molecule is CC(C)N(CCCO)CC1CCC(n2cnc3c(N)ncnc32)C1. The van der Waals surface area contributed by atoms with Gasteiger partial charge in [-0.2, -0.15) is 0 Å². The summed E-state index contributed by atoms with van der Waals surface area (Å²) in [5, 5.41) is 9.09. The van der Waals surface area contributed by atoms with E-state index in [1.165, 1.54) is 12.7 Å². The lowest BCUT2D eigenvalue weighted by molar-refractivity contribution is 0.166. The summed E-state index contributed by atoms with van der Waals surface area (Å²) in [7, 11) is 0. The number of nitrogens with zero attached hydrogens (tertiary/aromatic N) is 5. The molecule has 2 atom stereocenters. The molecular formula is C17H28N6O. The molecule has 0 saturated heterocycles. The van der Waals surface area contributed by atoms with E-state index in [2.05, 4.69) is 38.3 Å². The molecule has 0 radical (unpaired) electrons. The Bertz CT molecular complexity index is 670. The molecule has 0 amide bonds. The van der Waals surface area contributed by atoms with Gasteiger partial charge in [-0.15, -0.1) is 0 Å². The first-order chi connectivity index (χ1) is 11.6. The van der Waals surface area contributed by atoms with Crippen LogP contribution >= 0.6 is 0 Å². The van der Waals surface area contributed by atoms with Gasteiger partial charge in [0.15, 0.2) is 11.5 Å². The van der Waals surface area contributed by atoms with Crippen LogP contribution in [0.1, 0.15) is 45.6 Å². The molecule has 0 aliphatic heterocycles. The van der Waals surface area contributed by atoms with Crippen LogP contribution in [0.25, 0.3) is 11.2 Å². The predicted octanol–water partition coefficient (Wildman–Crippen LogP) is 1.84. The normalized spacial score (nSPS) is 21.4. The standard InChI is InChI=1S/C17H28N6O/c1-12(2)22(6-3-7-24)9-13-4-5-14(8-13)23-11-21-15-16(18)19-10-20-17(15)23/h10-14,24H,3-9H2,1-2H3,(H2,18,19,20). The Morgan fingerprint density at radius 2 is 2.17 bits per heavy atom. The quantitative estimate of drug-likeness (QED) is 0.803. The average molecular weight is 332 g/mol. The van der Waals surface area contributed by atoms with Crippen molar-refractivity contribution in [1.82, 2.24) is 24.4 Å². The van der Waals surface area contributed by atoms with Gasteiger partial charge in [-0.05, 0) is 45.4 Å². The second kappa shape index (κ2) is 7.44. The van der Waals surface area contributed by atoms with Crippen molar-refractivity contribution in [2.45, 2.75) is 51.6 Å². The van der Waals surface area contributed by atoms with Crippen molar-refractivity contribution >= 4 is 17.0 Å². The molecule has 2 aromatic heterocycles. The molecule has 0 bridgehead atoms. The number of imidazole rings is 1. The number of nitrogens with two attached hydrogens (primary N) is 1. The van der Waals surface area contributed by atoms with E-state index in [9.17, 15) is 0 Å². The van der Waals surface area contributed by atoms with Crippen molar-refractivity contribution in [3.05, 3.63) is 12.7 Å². The molecular weight excluding hydrogens is 304 g/mol. The van der Waals surface area contributed by atoms with Gasteiger partial charge in [0.1, 0.15) is 11.8 Å². The van der Waals surface area contributed by atoms with Crippen molar-refractivity contribution in [3.8, 4) is 0 Å². The third-order valence-electron chi connectivity index (χ3n) is 5.12. The molecule has 7 heteroatoms. The Morgan fingerprint density at radius 3 is 2.92 bits per heavy atom. The zero-order valence-electron chi connectivity index (χ0n) is 14.6. The number of hydrogen-bond donors (Lipinski definition) is 2. The maximum Gasteiger partial charge on any atom is 0.165 e. The summed E-state index contributed by atoms with van der Waals surface area (Å²) < 4.78 is 2.17. The highest BCUT2D eigenvalue weighted by atomic mass is 16.3. The minimum atomic E-state index is 0.263. The third kappa shape index (κ3) is 3.52. The fraction of sp³-hybridized carbons (Fsp3) is 0.706. The fourth-order valence-electron chi connectivity index (χ4n) is 3.77. The van der Waals surface area contributed by atoms with Crippen molar-refractivity contribution in [3.63, 3.8) is 0 Å². The van der Waals surface area contributed by atoms with Crippen LogP contribution in [-0.4, -0.2) is 55.3 Å². The largest absolute Gasteiger partial charge is 0.396 e. The molecule has 1 fully saturated rings. The van der Waals surface area contributed by atoms with E-state index in [-0.39, 0.29) is 6.61 Å². The Hall–Kier alpha value is -1.73. The first kappa shape index (κ1) is 17.1. The minimum Gasteiger partial charge on any atom is -0.396 e. The van der Waals surface area contributed by atoms with E-state index in [4.69, 9.17) is 10.8 Å². The van der Waals surface area contributed by atoms with E-state index in [1.54, 1.807) is 0 Å². The molecule has 2 unspecified atom stereocenters. The first-order valence-corrected chi connectivity index (χ1v) is 8.88. The van der Waals surface area contributed by atoms with Gasteiger partial charge in [0.25, 0.3) is 0 Å². The van der Waals surface area contributed by atoms with Gasteiger partial charge < -0.3 is 20.3 Å². The van der Waals surface area contributed by atoms with Gasteiger partial charge in [-0.3, -0.25) is 0 Å². The Labute approximate surface area is 142 Å². The highest BCUT2D eigenvalue weighted by Gasteiger charge is 2.29. The fourth-order valence-corrected chi connectivity index (χ4v) is 3.77. The molecule has 1 aliphatic rings. The highest BCUT2D eigenvalue weighted by Crippen LogP contribution is 2.36. The smallest absolute Gasteiger partial charge is 0.165 e. The Kier molecular flexibility index (Phi) is 5.30. The van der Waals surface area contributed by atoms with Gasteiger partial charge >= 0.3 is 0 Å². The molecule has 1 saturated carbocycles. The molecule has 3 rings (SSSR count). The van der Waals surface area contributed by atoms with Gasteiger partial charge in [-0.1, -0.05) is 0 Å². The second-order valence-corrected chi connectivity index (χ2v) is 7.08. The first-order valence-electron chi connectivity index (χ1n) is 8.88. The lowest BCUT2D eigenvalue weighted by Crippen LogP contribution is -2.36. The Balaban J connectivity index is 1.67. The van der Waals surface area contributed by atoms with E-state index in [1.807, 2.05) is 6.33 Å². The molecule has 0 spiro atoms. The van der Waals surface area contributed by atoms with Crippen molar-refractivity contribution in [2.75, 3.05) is 25.4 Å². The minimum absolute atomic E-state index is 0.263. The van der Waals surface area contributed by atoms with Crippen molar-refractivity contribution in [1.29, 1.82) is 0 Å². The van der Waals surface area contributed by atoms with Crippen LogP contribution < -0.4 is 5.73 Å². The molecule has 24 heavy (non-hydrogen) atoms. The van der Waals surface area contributed by atoms with Gasteiger partial charge in [0.05, 0.1) is 6.33 Å². The van der Waals surface area contributed by atoms with Crippen molar-refractivity contribution in [2.24, 2.45) is 5.92 Å². The number of rotatable bonds is 7. The molecule has 2 aromatic rings. The van der Waals surface area contributed by atoms with Crippen molar-refractivity contribution < 1.29 is 5.11 Å². The molecule has 1 aliphatic carbocycles. The summed E-state index contributed by atoms with van der Waals surface area (Å²) in [6.07, 6.45) is 7.71. The number of aliphatic hydroxyl groups excluding tert-OH is 1. The zero-order chi connectivity index (χ0) is 17.1. The highest BCUT2D eigenvalue weighted by molar-refractivity contribution is 5.81. The lowest BCUT2D eigenvalue weighted by Gasteiger charge is -2.29. The van der Waals surface area contributed by atoms with Crippen LogP contribution in [0.15, 0.2) is 12.7 Å². The molecule has 3 N–H and O–H groups in total. The topological polar surface area (TPSA) is 93.1 Å². The molecule has 132 valence electrons. The summed E-state index contributed by atoms with van der Waals surface area (Å²) in [4.78, 5) is 15.3. The lowest BCUT2D eigenvalue weighted by atomic mass is 10.1. The van der Waals surface area contributed by atoms with Crippen LogP contribution in [0, 0.1) is 5.92 Å². The van der Waals surface area contributed by atoms with Gasteiger partial charge in [-0.25, -0.2) is 15.0 Å². The summed E-state index contributed by atoms with van der Waals surface area (Å²) in [5.74, 6) is 1.12. The number of nitrogen functional groups attached to an aromatic ring is 1. The van der Waals surface area contributed by atoms with Crippen LogP contribution in [0.5, 0.6) is 0 Å². The van der Waals surface area contributed by atoms with Crippen LogP contribution in [-0.2, 0) is 0 Å². The molecule has 7 nitrogen and oxygen atoms in total. The Morgan fingerprint density at radius 1 is 1.33 bits per heavy atom. The zero-order valence-corrected chi connectivity index (χ0v) is 14.6. The average Bonchev–Trinajstić information content (AvgIpc) is 3.18. The van der Waals surface area contributed by atoms with E-state index >= 15 is 0 Å². The summed E-state index contributed by atoms with van der Waals surface area (Å²) in [5.41, 5.74) is 7.43. The number of aliphatic hydroxyl groups is 1. The third-order valence-corrected chi connectivity index (χ3v) is 5.12. The number of aromatic nitrogens is 4. The summed E-state index contributed by atoms with van der Waals surface area (Å²) in [6.45, 7) is 6.78. The van der Waals surface area contributed by atoms with Crippen LogP contribution in [0.2, 0.25) is 0 Å². The maximum atomic E-state index is 9.09. The number of anilines is 1. The van der Waals surface area contributed by atoms with E-state index < -0.39 is 0 Å². The van der Waals surface area contributed by atoms with Crippen LogP contribution in [0.4, 0.5) is 5.82 Å². The van der Waals surface area contributed by atoms with Gasteiger partial charge in [0.2, 0.25) is 0 Å². The predicted molar refractivity (Wildman–Crippen MR) is 94.5 cm³/mol. The van der Waals surface area contributed by atoms with Gasteiger partial charge in [0, 0.05) is 31.8 Å². The van der Waals surface area contributed by atoms with Crippen LogP contribution in [0.3, 0.4) is 0 Å². The number of fused-ring (bicyclic) bond motifs is 1. The monoisotopic (exact) mass is 332 g/mol. The molecule has 0 aromatic carbocycles. The summed E-state index contributed by atoms with van der Waals surface area (Å²) >= 11 is 0. The molecule has 2 heterocycles. The van der Waals surface area contributed by atoms with E-state index in [0.29, 0.717) is 29.3 Å². The second-order valence-electron chi connectivity index (χ2n) is 7.08. The van der Waals surface area contributed by atoms with E-state index in [0.717, 1.165) is 38.0 Å². The number of hydrogen-bond acceptors (Lipinski definition) is 6. The maximum absolute atomic E-state index is 9.09.